The van der Waals surface area contributed by atoms with Crippen LogP contribution in [0.5, 0.6) is 0 Å². The van der Waals surface area contributed by atoms with Crippen molar-refractivity contribution in [1.82, 2.24) is 0 Å². The van der Waals surface area contributed by atoms with Gasteiger partial charge in [0.1, 0.15) is 5.69 Å². The van der Waals surface area contributed by atoms with E-state index in [1.165, 1.54) is 6.42 Å². The van der Waals surface area contributed by atoms with Crippen molar-refractivity contribution in [3.05, 3.63) is 29.1 Å². The fraction of sp³-hybridized carbons (Fsp3) is 0.739. The molecule has 0 saturated carbocycles. The summed E-state index contributed by atoms with van der Waals surface area (Å²) in [7, 11) is 0. The maximum absolute atomic E-state index is 13.8. The first-order valence-electron chi connectivity index (χ1n) is 11.5. The molecule has 0 fully saturated rings. The molecule has 0 aliphatic carbocycles. The lowest BCUT2D eigenvalue weighted by atomic mass is 9.93. The van der Waals surface area contributed by atoms with E-state index < -0.39 is 46.7 Å². The second kappa shape index (κ2) is 14.6. The van der Waals surface area contributed by atoms with E-state index in [9.17, 15) is 27.1 Å². The minimum atomic E-state index is -2.19. The Balaban J connectivity index is 2.75. The SMILES string of the molecule is CCCCCCCCC(CCCNc1c(F)c(F)c(F)c(F)c1F)C(O)(OCC)OCC. The van der Waals surface area contributed by atoms with Gasteiger partial charge in [-0.1, -0.05) is 45.4 Å². The molecule has 1 aromatic carbocycles. The van der Waals surface area contributed by atoms with Gasteiger partial charge in [-0.25, -0.2) is 22.0 Å². The van der Waals surface area contributed by atoms with Crippen molar-refractivity contribution in [1.29, 1.82) is 0 Å². The molecular formula is C23H36F5NO3. The number of halogens is 5. The molecule has 32 heavy (non-hydrogen) atoms. The summed E-state index contributed by atoms with van der Waals surface area (Å²) in [5.74, 6) is -12.2. The van der Waals surface area contributed by atoms with Gasteiger partial charge in [0.05, 0.1) is 0 Å². The Hall–Kier alpha value is -1.45. The lowest BCUT2D eigenvalue weighted by Crippen LogP contribution is -2.44. The van der Waals surface area contributed by atoms with E-state index in [1.807, 2.05) is 0 Å². The predicted octanol–water partition coefficient (Wildman–Crippen LogP) is 6.66. The molecular weight excluding hydrogens is 433 g/mol. The minimum Gasteiger partial charge on any atom is -0.380 e. The molecule has 186 valence electrons. The summed E-state index contributed by atoms with van der Waals surface area (Å²) in [6.45, 7) is 6.01. The molecule has 1 rings (SSSR count). The van der Waals surface area contributed by atoms with Crippen molar-refractivity contribution in [2.45, 2.75) is 84.5 Å². The molecule has 0 radical (unpaired) electrons. The van der Waals surface area contributed by atoms with Crippen LogP contribution < -0.4 is 5.32 Å². The molecule has 1 atom stereocenters. The van der Waals surface area contributed by atoms with E-state index in [1.54, 1.807) is 13.8 Å². The molecule has 0 aliphatic rings. The largest absolute Gasteiger partial charge is 0.380 e. The summed E-state index contributed by atoms with van der Waals surface area (Å²) in [6, 6.07) is 0. The van der Waals surface area contributed by atoms with Crippen LogP contribution in [0.2, 0.25) is 0 Å². The van der Waals surface area contributed by atoms with Crippen LogP contribution in [0.4, 0.5) is 27.6 Å². The van der Waals surface area contributed by atoms with Gasteiger partial charge in [0.15, 0.2) is 23.3 Å². The van der Waals surface area contributed by atoms with E-state index in [4.69, 9.17) is 9.47 Å². The fourth-order valence-corrected chi connectivity index (χ4v) is 3.69. The average molecular weight is 470 g/mol. The summed E-state index contributed by atoms with van der Waals surface area (Å²) < 4.78 is 78.4. The van der Waals surface area contributed by atoms with Gasteiger partial charge in [0.25, 0.3) is 5.97 Å². The summed E-state index contributed by atoms with van der Waals surface area (Å²) >= 11 is 0. The Morgan fingerprint density at radius 1 is 0.719 bits per heavy atom. The second-order valence-electron chi connectivity index (χ2n) is 7.76. The van der Waals surface area contributed by atoms with Crippen LogP contribution in [0.1, 0.15) is 78.6 Å². The maximum atomic E-state index is 13.8. The van der Waals surface area contributed by atoms with Crippen molar-refractivity contribution in [2.24, 2.45) is 5.92 Å². The summed E-state index contributed by atoms with van der Waals surface area (Å²) in [4.78, 5) is 0. The van der Waals surface area contributed by atoms with E-state index in [0.29, 0.717) is 19.3 Å². The van der Waals surface area contributed by atoms with Gasteiger partial charge < -0.3 is 19.9 Å². The van der Waals surface area contributed by atoms with E-state index >= 15 is 0 Å². The first kappa shape index (κ1) is 28.6. The van der Waals surface area contributed by atoms with E-state index in [0.717, 1.165) is 32.1 Å². The first-order valence-corrected chi connectivity index (χ1v) is 11.5. The quantitative estimate of drug-likeness (QED) is 0.0881. The number of hydrogen-bond donors (Lipinski definition) is 2. The zero-order valence-corrected chi connectivity index (χ0v) is 19.2. The topological polar surface area (TPSA) is 50.7 Å². The average Bonchev–Trinajstić information content (AvgIpc) is 2.76. The highest BCUT2D eigenvalue weighted by molar-refractivity contribution is 5.47. The van der Waals surface area contributed by atoms with Crippen molar-refractivity contribution in [3.63, 3.8) is 0 Å². The monoisotopic (exact) mass is 469 g/mol. The lowest BCUT2D eigenvalue weighted by molar-refractivity contribution is -0.385. The van der Waals surface area contributed by atoms with Gasteiger partial charge in [0.2, 0.25) is 5.82 Å². The Labute approximate surface area is 187 Å². The van der Waals surface area contributed by atoms with Gasteiger partial charge in [-0.2, -0.15) is 0 Å². The van der Waals surface area contributed by atoms with Crippen molar-refractivity contribution < 1.29 is 36.5 Å². The number of aliphatic hydroxyl groups is 1. The molecule has 2 N–H and O–H groups in total. The highest BCUT2D eigenvalue weighted by Crippen LogP contribution is 2.31. The predicted molar refractivity (Wildman–Crippen MR) is 114 cm³/mol. The maximum Gasteiger partial charge on any atom is 0.283 e. The summed E-state index contributed by atoms with van der Waals surface area (Å²) in [5, 5.41) is 13.2. The number of rotatable bonds is 17. The van der Waals surface area contributed by atoms with Crippen LogP contribution in [0.25, 0.3) is 0 Å². The van der Waals surface area contributed by atoms with Crippen molar-refractivity contribution >= 4 is 5.69 Å². The number of nitrogens with one attached hydrogen (secondary N) is 1. The molecule has 4 nitrogen and oxygen atoms in total. The number of ether oxygens (including phenoxy) is 2. The molecule has 0 heterocycles. The van der Waals surface area contributed by atoms with Crippen LogP contribution in [0.15, 0.2) is 0 Å². The lowest BCUT2D eigenvalue weighted by Gasteiger charge is -2.35. The third kappa shape index (κ3) is 8.15. The van der Waals surface area contributed by atoms with Crippen LogP contribution in [-0.4, -0.2) is 30.8 Å². The van der Waals surface area contributed by atoms with Gasteiger partial charge in [-0.05, 0) is 33.1 Å². The fourth-order valence-electron chi connectivity index (χ4n) is 3.69. The van der Waals surface area contributed by atoms with Crippen LogP contribution >= 0.6 is 0 Å². The van der Waals surface area contributed by atoms with E-state index in [-0.39, 0.29) is 19.8 Å². The summed E-state index contributed by atoms with van der Waals surface area (Å²) in [6.07, 6.45) is 7.68. The third-order valence-corrected chi connectivity index (χ3v) is 5.37. The van der Waals surface area contributed by atoms with Gasteiger partial charge in [-0.3, -0.25) is 0 Å². The number of unbranched alkanes of at least 4 members (excludes halogenated alkanes) is 5. The van der Waals surface area contributed by atoms with Crippen LogP contribution in [-0.2, 0) is 9.47 Å². The molecule has 0 spiro atoms. The normalized spacial score (nSPS) is 12.9. The second-order valence-corrected chi connectivity index (χ2v) is 7.76. The molecule has 1 aromatic rings. The number of benzene rings is 1. The molecule has 0 saturated heterocycles. The van der Waals surface area contributed by atoms with E-state index in [2.05, 4.69) is 12.2 Å². The summed E-state index contributed by atoms with van der Waals surface area (Å²) in [5.41, 5.74) is -1.06. The first-order chi connectivity index (χ1) is 15.2. The molecule has 1 unspecified atom stereocenters. The Morgan fingerprint density at radius 2 is 1.19 bits per heavy atom. The molecule has 0 bridgehead atoms. The highest BCUT2D eigenvalue weighted by atomic mass is 19.2. The van der Waals surface area contributed by atoms with Crippen molar-refractivity contribution in [3.8, 4) is 0 Å². The van der Waals surface area contributed by atoms with Crippen LogP contribution in [0, 0.1) is 35.0 Å². The third-order valence-electron chi connectivity index (χ3n) is 5.37. The number of hydrogen-bond acceptors (Lipinski definition) is 4. The van der Waals surface area contributed by atoms with Gasteiger partial charge in [-0.15, -0.1) is 0 Å². The zero-order chi connectivity index (χ0) is 24.1. The van der Waals surface area contributed by atoms with Gasteiger partial charge >= 0.3 is 0 Å². The molecule has 0 aliphatic heterocycles. The van der Waals surface area contributed by atoms with Gasteiger partial charge in [0, 0.05) is 25.7 Å². The zero-order valence-electron chi connectivity index (χ0n) is 19.2. The molecule has 9 heteroatoms. The smallest absolute Gasteiger partial charge is 0.283 e. The standard InChI is InChI=1S/C23H36F5NO3/c1-4-7-8-9-10-11-13-16(23(30,31-5-2)32-6-3)14-12-15-29-22-20(27)18(25)17(24)19(26)21(22)28/h16,29-30H,4-15H2,1-3H3. The van der Waals surface area contributed by atoms with Crippen molar-refractivity contribution in [2.75, 3.05) is 25.1 Å². The highest BCUT2D eigenvalue weighted by Gasteiger charge is 2.38. The molecule has 0 aromatic heterocycles. The Morgan fingerprint density at radius 3 is 1.72 bits per heavy atom. The minimum absolute atomic E-state index is 0.0559. The Kier molecular flexibility index (Phi) is 13.1. The van der Waals surface area contributed by atoms with Crippen LogP contribution in [0.3, 0.4) is 0 Å². The molecule has 0 amide bonds. The number of anilines is 1. The Bertz CT molecular complexity index is 655.